The van der Waals surface area contributed by atoms with E-state index >= 15 is 0 Å². The van der Waals surface area contributed by atoms with Crippen LogP contribution >= 0.6 is 0 Å². The van der Waals surface area contributed by atoms with Crippen molar-refractivity contribution < 1.29 is 18.9 Å². The summed E-state index contributed by atoms with van der Waals surface area (Å²) in [5.41, 5.74) is 0. The Kier molecular flexibility index (Phi) is 5.48. The Balaban J connectivity index is 1.85. The molecule has 1 heterocycles. The van der Waals surface area contributed by atoms with Gasteiger partial charge in [-0.15, -0.1) is 11.8 Å². The Morgan fingerprint density at radius 2 is 1.75 bits per heavy atom. The maximum absolute atomic E-state index is 11.5. The molecule has 2 fully saturated rings. The van der Waals surface area contributed by atoms with Gasteiger partial charge in [0.15, 0.2) is 0 Å². The number of rotatable bonds is 1. The van der Waals surface area contributed by atoms with E-state index in [9.17, 15) is 9.59 Å². The summed E-state index contributed by atoms with van der Waals surface area (Å²) >= 11 is 0. The molecule has 0 aromatic rings. The van der Waals surface area contributed by atoms with Crippen LogP contribution in [-0.4, -0.2) is 44.1 Å². The Morgan fingerprint density at radius 3 is 2.35 bits per heavy atom. The van der Waals surface area contributed by atoms with E-state index < -0.39 is 7.12 Å². The molecule has 0 N–H and O–H groups in total. The molecule has 1 saturated heterocycles. The monoisotopic (exact) mass is 277 g/mol. The minimum atomic E-state index is -0.861. The van der Waals surface area contributed by atoms with Crippen LogP contribution in [0.5, 0.6) is 0 Å². The molecule has 0 bridgehead atoms. The standard InChI is InChI=1S/C14H20BNO4/c1-16-10-13(17)19-15(20-14(18)11-16)9-5-8-12-6-3-2-4-7-12/h12H,2-4,6-7,9-11H2,1H3. The molecule has 1 saturated carbocycles. The summed E-state index contributed by atoms with van der Waals surface area (Å²) in [6.45, 7) is 0.198. The van der Waals surface area contributed by atoms with Crippen molar-refractivity contribution in [1.29, 1.82) is 0 Å². The molecular formula is C14H20BNO4. The van der Waals surface area contributed by atoms with Gasteiger partial charge in [-0.3, -0.25) is 14.5 Å². The minimum absolute atomic E-state index is 0.0989. The number of nitrogens with zero attached hydrogens (tertiary/aromatic N) is 1. The second-order valence-corrected chi connectivity index (χ2v) is 5.44. The highest BCUT2D eigenvalue weighted by Gasteiger charge is 2.30. The van der Waals surface area contributed by atoms with Crippen LogP contribution in [0.15, 0.2) is 0 Å². The molecule has 0 aromatic carbocycles. The van der Waals surface area contributed by atoms with Gasteiger partial charge in [0.2, 0.25) is 0 Å². The van der Waals surface area contributed by atoms with Crippen LogP contribution < -0.4 is 0 Å². The van der Waals surface area contributed by atoms with E-state index in [1.54, 1.807) is 11.9 Å². The first-order chi connectivity index (χ1) is 9.63. The third-order valence-electron chi connectivity index (χ3n) is 3.50. The maximum Gasteiger partial charge on any atom is 0.611 e. The Morgan fingerprint density at radius 1 is 1.15 bits per heavy atom. The van der Waals surface area contributed by atoms with Crippen LogP contribution in [0.4, 0.5) is 0 Å². The number of hydrogen-bond acceptors (Lipinski definition) is 5. The molecule has 6 heteroatoms. The summed E-state index contributed by atoms with van der Waals surface area (Å²) in [7, 11) is 0.811. The first-order valence-electron chi connectivity index (χ1n) is 7.19. The molecule has 1 aliphatic carbocycles. The molecule has 0 unspecified atom stereocenters. The van der Waals surface area contributed by atoms with E-state index in [0.717, 1.165) is 12.8 Å². The highest BCUT2D eigenvalue weighted by Crippen LogP contribution is 2.22. The zero-order valence-corrected chi connectivity index (χ0v) is 11.9. The van der Waals surface area contributed by atoms with Gasteiger partial charge in [0.1, 0.15) is 0 Å². The van der Waals surface area contributed by atoms with Crippen molar-refractivity contribution in [1.82, 2.24) is 4.90 Å². The Bertz CT molecular complexity index is 403. The van der Waals surface area contributed by atoms with Gasteiger partial charge < -0.3 is 9.31 Å². The van der Waals surface area contributed by atoms with Gasteiger partial charge in [-0.2, -0.15) is 0 Å². The lowest BCUT2D eigenvalue weighted by molar-refractivity contribution is -0.145. The number of carbonyl (C=O) groups is 2. The van der Waals surface area contributed by atoms with Crippen molar-refractivity contribution in [3.63, 3.8) is 0 Å². The van der Waals surface area contributed by atoms with Crippen molar-refractivity contribution in [2.45, 2.75) is 38.4 Å². The molecule has 0 aromatic heterocycles. The van der Waals surface area contributed by atoms with E-state index in [-0.39, 0.29) is 31.3 Å². The SMILES string of the molecule is CN1CC(=O)OB(CC#CC2CCCCC2)OC(=O)C1. The maximum atomic E-state index is 11.5. The molecule has 108 valence electrons. The van der Waals surface area contributed by atoms with Gasteiger partial charge >= 0.3 is 19.1 Å². The van der Waals surface area contributed by atoms with E-state index in [2.05, 4.69) is 11.8 Å². The van der Waals surface area contributed by atoms with Crippen LogP contribution in [0.2, 0.25) is 6.32 Å². The lowest BCUT2D eigenvalue weighted by Crippen LogP contribution is -2.42. The van der Waals surface area contributed by atoms with Crippen molar-refractivity contribution in [3.05, 3.63) is 0 Å². The lowest BCUT2D eigenvalue weighted by atomic mass is 9.83. The molecule has 2 rings (SSSR count). The van der Waals surface area contributed by atoms with Crippen molar-refractivity contribution in [3.8, 4) is 11.8 Å². The minimum Gasteiger partial charge on any atom is -0.498 e. The molecule has 2 aliphatic rings. The summed E-state index contributed by atoms with van der Waals surface area (Å²) in [6, 6.07) is 0. The number of likely N-dealkylation sites (N-methyl/N-ethyl adjacent to an activating group) is 1. The second kappa shape index (κ2) is 7.35. The fourth-order valence-electron chi connectivity index (χ4n) is 2.51. The van der Waals surface area contributed by atoms with Crippen LogP contribution in [0.1, 0.15) is 32.1 Å². The zero-order chi connectivity index (χ0) is 14.4. The van der Waals surface area contributed by atoms with E-state index in [1.165, 1.54) is 19.3 Å². The third kappa shape index (κ3) is 4.89. The first-order valence-corrected chi connectivity index (χ1v) is 7.19. The van der Waals surface area contributed by atoms with E-state index in [4.69, 9.17) is 9.31 Å². The molecule has 5 nitrogen and oxygen atoms in total. The molecular weight excluding hydrogens is 257 g/mol. The van der Waals surface area contributed by atoms with Crippen LogP contribution in [-0.2, 0) is 18.9 Å². The summed E-state index contributed by atoms with van der Waals surface area (Å²) < 4.78 is 10.2. The number of hydrogen-bond donors (Lipinski definition) is 0. The zero-order valence-electron chi connectivity index (χ0n) is 11.9. The van der Waals surface area contributed by atoms with Crippen molar-refractivity contribution in [2.75, 3.05) is 20.1 Å². The highest BCUT2D eigenvalue weighted by atomic mass is 16.6. The molecule has 20 heavy (non-hydrogen) atoms. The van der Waals surface area contributed by atoms with Crippen LogP contribution in [0, 0.1) is 17.8 Å². The number of carbonyl (C=O) groups excluding carboxylic acids is 2. The fourth-order valence-corrected chi connectivity index (χ4v) is 2.51. The molecule has 0 radical (unpaired) electrons. The average Bonchev–Trinajstić information content (AvgIpc) is 2.37. The van der Waals surface area contributed by atoms with E-state index in [1.807, 2.05) is 0 Å². The van der Waals surface area contributed by atoms with Crippen molar-refractivity contribution in [2.24, 2.45) is 5.92 Å². The van der Waals surface area contributed by atoms with Crippen LogP contribution in [0.3, 0.4) is 0 Å². The van der Waals surface area contributed by atoms with Gasteiger partial charge in [0, 0.05) is 5.92 Å². The topological polar surface area (TPSA) is 55.8 Å². The summed E-state index contributed by atoms with van der Waals surface area (Å²) in [5, 5.41) is 0. The second-order valence-electron chi connectivity index (χ2n) is 5.44. The van der Waals surface area contributed by atoms with Crippen LogP contribution in [0.25, 0.3) is 0 Å². The summed E-state index contributed by atoms with van der Waals surface area (Å²) in [6.07, 6.45) is 6.31. The highest BCUT2D eigenvalue weighted by molar-refractivity contribution is 6.50. The van der Waals surface area contributed by atoms with Gasteiger partial charge in [0.25, 0.3) is 0 Å². The average molecular weight is 277 g/mol. The normalized spacial score (nSPS) is 22.1. The Hall–Kier alpha value is -1.48. The predicted octanol–water partition coefficient (Wildman–Crippen LogP) is 1.09. The van der Waals surface area contributed by atoms with Gasteiger partial charge in [0.05, 0.1) is 19.4 Å². The quantitative estimate of drug-likeness (QED) is 0.530. The fraction of sp³-hybridized carbons (Fsp3) is 0.714. The molecule has 0 amide bonds. The predicted molar refractivity (Wildman–Crippen MR) is 74.6 cm³/mol. The van der Waals surface area contributed by atoms with Crippen molar-refractivity contribution >= 4 is 19.1 Å². The summed E-state index contributed by atoms with van der Waals surface area (Å²) in [5.74, 6) is 5.88. The summed E-state index contributed by atoms with van der Waals surface area (Å²) in [4.78, 5) is 24.6. The first kappa shape index (κ1) is 14.9. The van der Waals surface area contributed by atoms with Gasteiger partial charge in [-0.25, -0.2) is 0 Å². The Labute approximate surface area is 120 Å². The van der Waals surface area contributed by atoms with E-state index in [0.29, 0.717) is 5.92 Å². The molecule has 1 aliphatic heterocycles. The van der Waals surface area contributed by atoms with Gasteiger partial charge in [-0.05, 0) is 19.9 Å². The molecule has 0 spiro atoms. The third-order valence-corrected chi connectivity index (χ3v) is 3.50. The smallest absolute Gasteiger partial charge is 0.498 e. The largest absolute Gasteiger partial charge is 0.611 e. The lowest BCUT2D eigenvalue weighted by Gasteiger charge is -2.21. The van der Waals surface area contributed by atoms with Gasteiger partial charge in [-0.1, -0.05) is 19.3 Å². The molecule has 0 atom stereocenters.